The Labute approximate surface area is 141 Å². The highest BCUT2D eigenvalue weighted by atomic mass is 16.3. The lowest BCUT2D eigenvalue weighted by Crippen LogP contribution is -2.30. The van der Waals surface area contributed by atoms with E-state index in [0.717, 1.165) is 17.9 Å². The van der Waals surface area contributed by atoms with Crippen molar-refractivity contribution in [1.29, 1.82) is 0 Å². The van der Waals surface area contributed by atoms with Gasteiger partial charge in [0.2, 0.25) is 0 Å². The number of furan rings is 1. The second kappa shape index (κ2) is 6.63. The molecule has 2 aromatic rings. The monoisotopic (exact) mass is 329 g/mol. The van der Waals surface area contributed by atoms with E-state index in [4.69, 9.17) is 4.42 Å². The van der Waals surface area contributed by atoms with Gasteiger partial charge in [0, 0.05) is 25.6 Å². The largest absolute Gasteiger partial charge is 0.464 e. The summed E-state index contributed by atoms with van der Waals surface area (Å²) in [4.78, 5) is 25.8. The van der Waals surface area contributed by atoms with Gasteiger partial charge in [0.25, 0.3) is 11.5 Å². The van der Waals surface area contributed by atoms with Gasteiger partial charge in [0.05, 0.1) is 6.54 Å². The van der Waals surface area contributed by atoms with Gasteiger partial charge in [-0.3, -0.25) is 9.59 Å². The normalized spacial score (nSPS) is 19.3. The molecule has 3 rings (SSSR count). The van der Waals surface area contributed by atoms with Crippen LogP contribution in [0.1, 0.15) is 54.6 Å². The molecule has 2 heterocycles. The number of rotatable bonds is 6. The summed E-state index contributed by atoms with van der Waals surface area (Å²) in [6, 6.07) is 6.80. The van der Waals surface area contributed by atoms with Crippen LogP contribution in [-0.4, -0.2) is 27.6 Å². The Morgan fingerprint density at radius 1 is 1.38 bits per heavy atom. The zero-order valence-electron chi connectivity index (χ0n) is 14.4. The van der Waals surface area contributed by atoms with Gasteiger partial charge in [-0.05, 0) is 37.0 Å². The molecule has 6 nitrogen and oxygen atoms in total. The van der Waals surface area contributed by atoms with Gasteiger partial charge < -0.3 is 9.32 Å². The van der Waals surface area contributed by atoms with Crippen molar-refractivity contribution in [2.75, 3.05) is 7.05 Å². The van der Waals surface area contributed by atoms with Crippen molar-refractivity contribution < 1.29 is 9.21 Å². The second-order valence-electron chi connectivity index (χ2n) is 6.56. The number of carbonyl (C=O) groups excluding carboxylic acids is 1. The minimum Gasteiger partial charge on any atom is -0.464 e. The highest BCUT2D eigenvalue weighted by Gasteiger charge is 2.36. The first kappa shape index (κ1) is 16.5. The van der Waals surface area contributed by atoms with Crippen LogP contribution in [0, 0.1) is 5.92 Å². The van der Waals surface area contributed by atoms with E-state index in [1.807, 2.05) is 19.1 Å². The molecule has 2 aromatic heterocycles. The first-order valence-electron chi connectivity index (χ1n) is 8.41. The summed E-state index contributed by atoms with van der Waals surface area (Å²) in [7, 11) is 1.71. The molecular formula is C18H23N3O3. The van der Waals surface area contributed by atoms with Crippen LogP contribution >= 0.6 is 0 Å². The number of hydrogen-bond acceptors (Lipinski definition) is 4. The second-order valence-corrected chi connectivity index (χ2v) is 6.56. The number of amides is 1. The van der Waals surface area contributed by atoms with E-state index >= 15 is 0 Å². The minimum atomic E-state index is -0.224. The smallest absolute Gasteiger partial charge is 0.274 e. The van der Waals surface area contributed by atoms with Crippen molar-refractivity contribution in [3.8, 4) is 0 Å². The molecule has 0 bridgehead atoms. The Hall–Kier alpha value is -2.37. The molecule has 1 aliphatic carbocycles. The van der Waals surface area contributed by atoms with E-state index in [1.54, 1.807) is 11.9 Å². The summed E-state index contributed by atoms with van der Waals surface area (Å²) in [5, 5.41) is 4.16. The van der Waals surface area contributed by atoms with Crippen LogP contribution in [0.25, 0.3) is 0 Å². The minimum absolute atomic E-state index is 0.190. The molecule has 0 radical (unpaired) electrons. The number of carbonyl (C=O) groups is 1. The highest BCUT2D eigenvalue weighted by Crippen LogP contribution is 2.47. The molecule has 1 saturated carbocycles. The maximum atomic E-state index is 12.5. The first-order chi connectivity index (χ1) is 11.5. The van der Waals surface area contributed by atoms with Crippen LogP contribution < -0.4 is 5.56 Å². The molecular weight excluding hydrogens is 306 g/mol. The fourth-order valence-corrected chi connectivity index (χ4v) is 2.83. The number of aryl methyl sites for hydroxylation is 1. The van der Waals surface area contributed by atoms with Crippen molar-refractivity contribution in [2.24, 2.45) is 5.92 Å². The average molecular weight is 329 g/mol. The molecule has 0 N–H and O–H groups in total. The third-order valence-corrected chi connectivity index (χ3v) is 4.42. The Balaban J connectivity index is 1.69. The molecule has 6 heteroatoms. The van der Waals surface area contributed by atoms with E-state index in [1.165, 1.54) is 23.2 Å². The maximum Gasteiger partial charge on any atom is 0.274 e. The van der Waals surface area contributed by atoms with Crippen molar-refractivity contribution in [3.05, 3.63) is 51.8 Å². The van der Waals surface area contributed by atoms with E-state index in [9.17, 15) is 9.59 Å². The Bertz CT molecular complexity index is 793. The lowest BCUT2D eigenvalue weighted by Gasteiger charge is -2.15. The first-order valence-corrected chi connectivity index (χ1v) is 8.41. The lowest BCUT2D eigenvalue weighted by molar-refractivity contribution is 0.0766. The molecule has 0 spiro atoms. The van der Waals surface area contributed by atoms with E-state index in [-0.39, 0.29) is 17.2 Å². The molecule has 0 aromatic carbocycles. The predicted molar refractivity (Wildman–Crippen MR) is 89.8 cm³/mol. The Morgan fingerprint density at radius 2 is 2.12 bits per heavy atom. The molecule has 1 aliphatic rings. The number of hydrogen-bond donors (Lipinski definition) is 0. The molecule has 1 fully saturated rings. The molecule has 2 atom stereocenters. The third kappa shape index (κ3) is 3.42. The highest BCUT2D eigenvalue weighted by molar-refractivity contribution is 5.91. The number of aromatic nitrogens is 2. The van der Waals surface area contributed by atoms with E-state index in [0.29, 0.717) is 24.9 Å². The van der Waals surface area contributed by atoms with Crippen molar-refractivity contribution in [3.63, 3.8) is 0 Å². The molecule has 24 heavy (non-hydrogen) atoms. The zero-order valence-corrected chi connectivity index (χ0v) is 14.4. The molecule has 0 unspecified atom stereocenters. The van der Waals surface area contributed by atoms with Crippen molar-refractivity contribution in [1.82, 2.24) is 14.7 Å². The molecule has 0 saturated heterocycles. The summed E-state index contributed by atoms with van der Waals surface area (Å²) < 4.78 is 7.18. The topological polar surface area (TPSA) is 68.3 Å². The van der Waals surface area contributed by atoms with E-state index in [2.05, 4.69) is 12.0 Å². The van der Waals surface area contributed by atoms with Crippen LogP contribution in [0.3, 0.4) is 0 Å². The van der Waals surface area contributed by atoms with Gasteiger partial charge in [-0.1, -0.05) is 13.8 Å². The van der Waals surface area contributed by atoms with Gasteiger partial charge in [-0.2, -0.15) is 5.10 Å². The van der Waals surface area contributed by atoms with Crippen LogP contribution in [-0.2, 0) is 13.1 Å². The summed E-state index contributed by atoms with van der Waals surface area (Å²) >= 11 is 0. The zero-order chi connectivity index (χ0) is 17.3. The van der Waals surface area contributed by atoms with Gasteiger partial charge in [-0.15, -0.1) is 0 Å². The van der Waals surface area contributed by atoms with Crippen molar-refractivity contribution >= 4 is 5.91 Å². The van der Waals surface area contributed by atoms with Crippen molar-refractivity contribution in [2.45, 2.75) is 45.7 Å². The molecule has 0 aliphatic heterocycles. The lowest BCUT2D eigenvalue weighted by atomic mass is 10.3. The molecule has 1 amide bonds. The van der Waals surface area contributed by atoms with Gasteiger partial charge in [0.15, 0.2) is 0 Å². The average Bonchev–Trinajstić information content (AvgIpc) is 3.11. The van der Waals surface area contributed by atoms with Gasteiger partial charge >= 0.3 is 0 Å². The fourth-order valence-electron chi connectivity index (χ4n) is 2.83. The fraction of sp³-hybridized carbons (Fsp3) is 0.500. The van der Waals surface area contributed by atoms with Crippen LogP contribution in [0.5, 0.6) is 0 Å². The quantitative estimate of drug-likeness (QED) is 0.817. The predicted octanol–water partition coefficient (Wildman–Crippen LogP) is 2.64. The van der Waals surface area contributed by atoms with Crippen LogP contribution in [0.15, 0.2) is 33.5 Å². The number of nitrogens with zero attached hydrogens (tertiary/aromatic N) is 3. The van der Waals surface area contributed by atoms with Crippen LogP contribution in [0.4, 0.5) is 0 Å². The van der Waals surface area contributed by atoms with Crippen LogP contribution in [0.2, 0.25) is 0 Å². The van der Waals surface area contributed by atoms with Gasteiger partial charge in [0.1, 0.15) is 17.2 Å². The standard InChI is InChI=1S/C18H23N3O3/c1-4-9-21-17(22)8-6-15(19-21)18(23)20(3)11-13-5-7-16(24-13)14-10-12(14)2/h5-8,12,14H,4,9-11H2,1-3H3/t12-,14+/m0/s1. The SMILES string of the molecule is CCCn1nc(C(=O)N(C)Cc2ccc([C@@H]3C[C@@H]3C)o2)ccc1=O. The van der Waals surface area contributed by atoms with Gasteiger partial charge in [-0.25, -0.2) is 4.68 Å². The summed E-state index contributed by atoms with van der Waals surface area (Å²) in [6.45, 7) is 5.06. The third-order valence-electron chi connectivity index (χ3n) is 4.42. The molecule has 128 valence electrons. The summed E-state index contributed by atoms with van der Waals surface area (Å²) in [6.07, 6.45) is 1.96. The summed E-state index contributed by atoms with van der Waals surface area (Å²) in [5.41, 5.74) is 0.0819. The Kier molecular flexibility index (Phi) is 4.55. The Morgan fingerprint density at radius 3 is 2.79 bits per heavy atom. The summed E-state index contributed by atoms with van der Waals surface area (Å²) in [5.74, 6) is 2.76. The maximum absolute atomic E-state index is 12.5. The van der Waals surface area contributed by atoms with E-state index < -0.39 is 0 Å².